The zero-order valence-corrected chi connectivity index (χ0v) is 10.7. The van der Waals surface area contributed by atoms with Crippen LogP contribution in [0.5, 0.6) is 11.5 Å². The molecule has 3 heteroatoms. The molecule has 0 bridgehead atoms. The Labute approximate surface area is 103 Å². The van der Waals surface area contributed by atoms with E-state index in [0.29, 0.717) is 6.04 Å². The van der Waals surface area contributed by atoms with Crippen molar-refractivity contribution >= 4 is 0 Å². The molecule has 3 atom stereocenters. The summed E-state index contributed by atoms with van der Waals surface area (Å²) in [5.74, 6) is 0.983. The summed E-state index contributed by atoms with van der Waals surface area (Å²) in [6.45, 7) is 7.72. The predicted octanol–water partition coefficient (Wildman–Crippen LogP) is 2.89. The van der Waals surface area contributed by atoms with Gasteiger partial charge in [-0.2, -0.15) is 0 Å². The fourth-order valence-corrected chi connectivity index (χ4v) is 2.92. The zero-order chi connectivity index (χ0) is 12.6. The molecule has 0 aromatic heterocycles. The number of phenols is 2. The minimum atomic E-state index is 0.131. The van der Waals surface area contributed by atoms with Crippen LogP contribution < -0.4 is 0 Å². The van der Waals surface area contributed by atoms with Crippen LogP contribution in [0.3, 0.4) is 0 Å². The molecular weight excluding hydrogens is 214 g/mol. The van der Waals surface area contributed by atoms with Gasteiger partial charge >= 0.3 is 0 Å². The number of likely N-dealkylation sites (tertiary alicyclic amines) is 1. The Morgan fingerprint density at radius 2 is 1.76 bits per heavy atom. The molecule has 1 aromatic carbocycles. The molecule has 1 heterocycles. The van der Waals surface area contributed by atoms with Crippen LogP contribution in [-0.4, -0.2) is 27.7 Å². The first-order chi connectivity index (χ1) is 7.97. The van der Waals surface area contributed by atoms with E-state index in [9.17, 15) is 10.2 Å². The Morgan fingerprint density at radius 3 is 2.24 bits per heavy atom. The second kappa shape index (κ2) is 4.57. The Hall–Kier alpha value is -1.22. The van der Waals surface area contributed by atoms with Crippen LogP contribution in [0.15, 0.2) is 18.2 Å². The first-order valence-corrected chi connectivity index (χ1v) is 6.26. The van der Waals surface area contributed by atoms with Gasteiger partial charge in [0.1, 0.15) is 11.5 Å². The molecule has 17 heavy (non-hydrogen) atoms. The molecule has 3 unspecified atom stereocenters. The van der Waals surface area contributed by atoms with Gasteiger partial charge in [-0.05, 0) is 43.9 Å². The van der Waals surface area contributed by atoms with Crippen LogP contribution >= 0.6 is 0 Å². The number of hydrogen-bond acceptors (Lipinski definition) is 3. The molecule has 1 aliphatic heterocycles. The van der Waals surface area contributed by atoms with E-state index in [1.807, 2.05) is 0 Å². The van der Waals surface area contributed by atoms with Crippen molar-refractivity contribution in [1.29, 1.82) is 0 Å². The summed E-state index contributed by atoms with van der Waals surface area (Å²) in [5, 5.41) is 19.0. The second-order valence-electron chi connectivity index (χ2n) is 5.35. The lowest BCUT2D eigenvalue weighted by atomic mass is 10.1. The topological polar surface area (TPSA) is 43.7 Å². The minimum absolute atomic E-state index is 0.131. The normalized spacial score (nSPS) is 27.2. The molecule has 94 valence electrons. The van der Waals surface area contributed by atoms with Gasteiger partial charge in [0.2, 0.25) is 0 Å². The van der Waals surface area contributed by atoms with Crippen LogP contribution in [0.4, 0.5) is 0 Å². The van der Waals surface area contributed by atoms with Crippen molar-refractivity contribution in [3.8, 4) is 11.5 Å². The van der Waals surface area contributed by atoms with E-state index in [1.54, 1.807) is 12.1 Å². The lowest BCUT2D eigenvalue weighted by molar-refractivity contribution is 0.200. The number of rotatable bonds is 2. The smallest absolute Gasteiger partial charge is 0.119 e. The molecule has 0 spiro atoms. The van der Waals surface area contributed by atoms with Crippen molar-refractivity contribution in [2.75, 3.05) is 6.54 Å². The highest BCUT2D eigenvalue weighted by Gasteiger charge is 2.30. The Kier molecular flexibility index (Phi) is 3.29. The third-order valence-electron chi connectivity index (χ3n) is 3.74. The van der Waals surface area contributed by atoms with Gasteiger partial charge in [-0.15, -0.1) is 0 Å². The van der Waals surface area contributed by atoms with Gasteiger partial charge in [0.15, 0.2) is 0 Å². The van der Waals surface area contributed by atoms with Crippen molar-refractivity contribution in [2.24, 2.45) is 5.92 Å². The standard InChI is InChI=1S/C14H21NO2/c1-9-4-10(2)15(8-9)11(3)12-5-13(16)7-14(17)6-12/h5-7,9-11,16-17H,4,8H2,1-3H3. The monoisotopic (exact) mass is 235 g/mol. The molecule has 1 saturated heterocycles. The van der Waals surface area contributed by atoms with Crippen LogP contribution in [0, 0.1) is 5.92 Å². The zero-order valence-electron chi connectivity index (χ0n) is 10.7. The van der Waals surface area contributed by atoms with Gasteiger partial charge in [-0.25, -0.2) is 0 Å². The average Bonchev–Trinajstić information content (AvgIpc) is 2.55. The van der Waals surface area contributed by atoms with Crippen molar-refractivity contribution in [2.45, 2.75) is 39.3 Å². The summed E-state index contributed by atoms with van der Waals surface area (Å²) in [6, 6.07) is 5.63. The number of phenolic OH excluding ortho intramolecular Hbond substituents is 2. The third kappa shape index (κ3) is 2.55. The molecule has 2 N–H and O–H groups in total. The largest absolute Gasteiger partial charge is 0.508 e. The molecule has 1 fully saturated rings. The van der Waals surface area contributed by atoms with Crippen molar-refractivity contribution in [1.82, 2.24) is 4.90 Å². The van der Waals surface area contributed by atoms with Crippen molar-refractivity contribution in [3.63, 3.8) is 0 Å². The summed E-state index contributed by atoms with van der Waals surface area (Å²) in [7, 11) is 0. The average molecular weight is 235 g/mol. The highest BCUT2D eigenvalue weighted by molar-refractivity contribution is 5.38. The summed E-state index contributed by atoms with van der Waals surface area (Å²) >= 11 is 0. The highest BCUT2D eigenvalue weighted by Crippen LogP contribution is 2.34. The number of nitrogens with zero attached hydrogens (tertiary/aromatic N) is 1. The van der Waals surface area contributed by atoms with E-state index < -0.39 is 0 Å². The molecule has 0 amide bonds. The van der Waals surface area contributed by atoms with Gasteiger partial charge in [0.25, 0.3) is 0 Å². The van der Waals surface area contributed by atoms with Gasteiger partial charge in [0, 0.05) is 24.7 Å². The lowest BCUT2D eigenvalue weighted by Gasteiger charge is -2.29. The summed E-state index contributed by atoms with van der Waals surface area (Å²) in [6.07, 6.45) is 1.22. The van der Waals surface area contributed by atoms with Gasteiger partial charge in [0.05, 0.1) is 0 Å². The van der Waals surface area contributed by atoms with E-state index in [-0.39, 0.29) is 17.5 Å². The molecule has 1 aromatic rings. The maximum atomic E-state index is 9.52. The van der Waals surface area contributed by atoms with Gasteiger partial charge in [-0.3, -0.25) is 4.90 Å². The molecule has 0 radical (unpaired) electrons. The first-order valence-electron chi connectivity index (χ1n) is 6.26. The molecule has 3 nitrogen and oxygen atoms in total. The molecule has 1 aliphatic rings. The van der Waals surface area contributed by atoms with Crippen LogP contribution in [-0.2, 0) is 0 Å². The Balaban J connectivity index is 2.21. The highest BCUT2D eigenvalue weighted by atomic mass is 16.3. The maximum absolute atomic E-state index is 9.52. The predicted molar refractivity (Wildman–Crippen MR) is 68.1 cm³/mol. The maximum Gasteiger partial charge on any atom is 0.119 e. The molecule has 2 rings (SSSR count). The van der Waals surface area contributed by atoms with Crippen molar-refractivity contribution in [3.05, 3.63) is 23.8 Å². The third-order valence-corrected chi connectivity index (χ3v) is 3.74. The first kappa shape index (κ1) is 12.2. The molecule has 0 aliphatic carbocycles. The van der Waals surface area contributed by atoms with E-state index >= 15 is 0 Å². The lowest BCUT2D eigenvalue weighted by Crippen LogP contribution is -2.30. The minimum Gasteiger partial charge on any atom is -0.508 e. The van der Waals surface area contributed by atoms with E-state index in [0.717, 1.165) is 18.0 Å². The van der Waals surface area contributed by atoms with E-state index in [1.165, 1.54) is 12.5 Å². The van der Waals surface area contributed by atoms with Gasteiger partial charge in [-0.1, -0.05) is 6.92 Å². The van der Waals surface area contributed by atoms with Crippen LogP contribution in [0.25, 0.3) is 0 Å². The number of aromatic hydroxyl groups is 2. The van der Waals surface area contributed by atoms with E-state index in [4.69, 9.17) is 0 Å². The summed E-state index contributed by atoms with van der Waals surface area (Å²) in [5.41, 5.74) is 0.975. The van der Waals surface area contributed by atoms with Crippen molar-refractivity contribution < 1.29 is 10.2 Å². The Morgan fingerprint density at radius 1 is 1.18 bits per heavy atom. The van der Waals surface area contributed by atoms with Crippen LogP contribution in [0.2, 0.25) is 0 Å². The van der Waals surface area contributed by atoms with E-state index in [2.05, 4.69) is 25.7 Å². The molecular formula is C14H21NO2. The summed E-state index contributed by atoms with van der Waals surface area (Å²) in [4.78, 5) is 2.43. The number of hydrogen-bond donors (Lipinski definition) is 2. The van der Waals surface area contributed by atoms with Crippen LogP contribution in [0.1, 0.15) is 38.8 Å². The molecule has 0 saturated carbocycles. The van der Waals surface area contributed by atoms with Gasteiger partial charge < -0.3 is 10.2 Å². The fourth-order valence-electron chi connectivity index (χ4n) is 2.92. The fraction of sp³-hybridized carbons (Fsp3) is 0.571. The quantitative estimate of drug-likeness (QED) is 0.828. The second-order valence-corrected chi connectivity index (χ2v) is 5.35. The SMILES string of the molecule is CC1CC(C)N(C(C)c2cc(O)cc(O)c2)C1. The summed E-state index contributed by atoms with van der Waals surface area (Å²) < 4.78 is 0. The number of benzene rings is 1. The Bertz CT molecular complexity index is 385.